The largest absolute Gasteiger partial charge is 0.369 e. The van der Waals surface area contributed by atoms with Gasteiger partial charge in [0, 0.05) is 37.6 Å². The summed E-state index contributed by atoms with van der Waals surface area (Å²) in [5.74, 6) is -0.0217. The second kappa shape index (κ2) is 8.08. The van der Waals surface area contributed by atoms with Crippen molar-refractivity contribution in [1.82, 2.24) is 4.90 Å². The van der Waals surface area contributed by atoms with Gasteiger partial charge in [-0.1, -0.05) is 12.1 Å². The van der Waals surface area contributed by atoms with E-state index in [4.69, 9.17) is 5.14 Å². The number of piperazine rings is 1. The number of anilines is 2. The van der Waals surface area contributed by atoms with Crippen LogP contribution >= 0.6 is 0 Å². The number of nitrogens with two attached hydrogens (primary N) is 1. The Morgan fingerprint density at radius 2 is 1.74 bits per heavy atom. The standard InChI is InChI=1S/C19H24N4O3S/c1-15-3-2-4-16(13-15)21-19(24)14-22-9-11-23(12-10-22)17-5-7-18(8-6-17)27(20,25)26/h2-8,13H,9-12,14H2,1H3,(H,21,24)(H2,20,25,26). The summed E-state index contributed by atoms with van der Waals surface area (Å²) in [5.41, 5.74) is 2.87. The zero-order valence-electron chi connectivity index (χ0n) is 15.3. The van der Waals surface area contributed by atoms with Crippen LogP contribution in [-0.4, -0.2) is 51.9 Å². The molecule has 0 saturated carbocycles. The molecule has 3 N–H and O–H groups in total. The third kappa shape index (κ3) is 5.29. The van der Waals surface area contributed by atoms with Crippen molar-refractivity contribution in [3.63, 3.8) is 0 Å². The van der Waals surface area contributed by atoms with Gasteiger partial charge in [-0.25, -0.2) is 13.6 Å². The molecule has 1 saturated heterocycles. The minimum absolute atomic E-state index is 0.0217. The van der Waals surface area contributed by atoms with Crippen molar-refractivity contribution in [2.45, 2.75) is 11.8 Å². The maximum Gasteiger partial charge on any atom is 0.238 e. The van der Waals surface area contributed by atoms with Crippen LogP contribution in [0, 0.1) is 6.92 Å². The van der Waals surface area contributed by atoms with Crippen LogP contribution in [0.2, 0.25) is 0 Å². The number of hydrogen-bond acceptors (Lipinski definition) is 5. The Hall–Kier alpha value is -2.42. The van der Waals surface area contributed by atoms with Gasteiger partial charge in [-0.2, -0.15) is 0 Å². The highest BCUT2D eigenvalue weighted by Crippen LogP contribution is 2.19. The quantitative estimate of drug-likeness (QED) is 0.807. The number of sulfonamides is 1. The fourth-order valence-electron chi connectivity index (χ4n) is 3.14. The molecule has 8 heteroatoms. The zero-order chi connectivity index (χ0) is 19.4. The number of carbonyl (C=O) groups excluding carboxylic acids is 1. The molecule has 0 aromatic heterocycles. The molecule has 3 rings (SSSR count). The van der Waals surface area contributed by atoms with Gasteiger partial charge in [-0.05, 0) is 48.9 Å². The minimum Gasteiger partial charge on any atom is -0.369 e. The first-order valence-electron chi connectivity index (χ1n) is 8.78. The van der Waals surface area contributed by atoms with Crippen molar-refractivity contribution in [2.75, 3.05) is 42.9 Å². The number of nitrogens with zero attached hydrogens (tertiary/aromatic N) is 2. The van der Waals surface area contributed by atoms with E-state index in [0.717, 1.165) is 43.1 Å². The summed E-state index contributed by atoms with van der Waals surface area (Å²) < 4.78 is 22.7. The van der Waals surface area contributed by atoms with Crippen LogP contribution in [0.4, 0.5) is 11.4 Å². The molecule has 1 fully saturated rings. The van der Waals surface area contributed by atoms with Crippen LogP contribution < -0.4 is 15.4 Å². The molecule has 144 valence electrons. The molecule has 1 amide bonds. The normalized spacial score (nSPS) is 15.6. The second-order valence-corrected chi connectivity index (χ2v) is 8.28. The Morgan fingerprint density at radius 3 is 2.33 bits per heavy atom. The molecule has 0 atom stereocenters. The number of carbonyl (C=O) groups is 1. The number of benzene rings is 2. The first-order valence-corrected chi connectivity index (χ1v) is 10.3. The van der Waals surface area contributed by atoms with Crippen molar-refractivity contribution >= 4 is 27.3 Å². The van der Waals surface area contributed by atoms with E-state index in [0.29, 0.717) is 6.54 Å². The van der Waals surface area contributed by atoms with Gasteiger partial charge in [0.15, 0.2) is 0 Å². The topological polar surface area (TPSA) is 95.7 Å². The van der Waals surface area contributed by atoms with Crippen molar-refractivity contribution in [2.24, 2.45) is 5.14 Å². The van der Waals surface area contributed by atoms with Crippen LogP contribution in [0.1, 0.15) is 5.56 Å². The average Bonchev–Trinajstić information content (AvgIpc) is 2.62. The summed E-state index contributed by atoms with van der Waals surface area (Å²) in [6.07, 6.45) is 0. The first-order chi connectivity index (χ1) is 12.8. The SMILES string of the molecule is Cc1cccc(NC(=O)CN2CCN(c3ccc(S(N)(=O)=O)cc3)CC2)c1. The van der Waals surface area contributed by atoms with Gasteiger partial charge in [-0.3, -0.25) is 9.69 Å². The van der Waals surface area contributed by atoms with Crippen LogP contribution in [0.3, 0.4) is 0 Å². The summed E-state index contributed by atoms with van der Waals surface area (Å²) in [6, 6.07) is 14.3. The van der Waals surface area contributed by atoms with Crippen molar-refractivity contribution < 1.29 is 13.2 Å². The highest BCUT2D eigenvalue weighted by Gasteiger charge is 2.19. The molecular weight excluding hydrogens is 364 g/mol. The highest BCUT2D eigenvalue weighted by atomic mass is 32.2. The van der Waals surface area contributed by atoms with E-state index in [1.807, 2.05) is 31.2 Å². The number of primary sulfonamides is 1. The molecule has 0 aliphatic carbocycles. The predicted octanol–water partition coefficient (Wildman–Crippen LogP) is 1.40. The third-order valence-electron chi connectivity index (χ3n) is 4.57. The number of aryl methyl sites for hydroxylation is 1. The lowest BCUT2D eigenvalue weighted by atomic mass is 10.2. The maximum atomic E-state index is 12.2. The van der Waals surface area contributed by atoms with Gasteiger partial charge in [0.2, 0.25) is 15.9 Å². The van der Waals surface area contributed by atoms with E-state index < -0.39 is 10.0 Å². The maximum absolute atomic E-state index is 12.2. The molecular formula is C19H24N4O3S. The average molecular weight is 388 g/mol. The lowest BCUT2D eigenvalue weighted by molar-refractivity contribution is -0.117. The van der Waals surface area contributed by atoms with E-state index in [1.165, 1.54) is 12.1 Å². The van der Waals surface area contributed by atoms with Crippen LogP contribution in [-0.2, 0) is 14.8 Å². The Morgan fingerprint density at radius 1 is 1.07 bits per heavy atom. The predicted molar refractivity (Wildman–Crippen MR) is 106 cm³/mol. The fraction of sp³-hybridized carbons (Fsp3) is 0.316. The Bertz CT molecular complexity index is 905. The molecule has 0 spiro atoms. The lowest BCUT2D eigenvalue weighted by Crippen LogP contribution is -2.48. The molecule has 2 aromatic carbocycles. The third-order valence-corrected chi connectivity index (χ3v) is 5.50. The number of hydrogen-bond donors (Lipinski definition) is 2. The molecule has 0 bridgehead atoms. The Balaban J connectivity index is 1.50. The highest BCUT2D eigenvalue weighted by molar-refractivity contribution is 7.89. The van der Waals surface area contributed by atoms with Crippen LogP contribution in [0.5, 0.6) is 0 Å². The van der Waals surface area contributed by atoms with Gasteiger partial charge in [-0.15, -0.1) is 0 Å². The molecule has 1 aliphatic rings. The summed E-state index contributed by atoms with van der Waals surface area (Å²) in [7, 11) is -3.67. The molecule has 1 aliphatic heterocycles. The second-order valence-electron chi connectivity index (χ2n) is 6.72. The minimum atomic E-state index is -3.67. The smallest absolute Gasteiger partial charge is 0.238 e. The van der Waals surface area contributed by atoms with E-state index in [2.05, 4.69) is 15.1 Å². The molecule has 1 heterocycles. The van der Waals surface area contributed by atoms with Gasteiger partial charge < -0.3 is 10.2 Å². The summed E-state index contributed by atoms with van der Waals surface area (Å²) in [5, 5.41) is 8.06. The van der Waals surface area contributed by atoms with Gasteiger partial charge >= 0.3 is 0 Å². The van der Waals surface area contributed by atoms with Crippen molar-refractivity contribution in [3.8, 4) is 0 Å². The van der Waals surface area contributed by atoms with Crippen molar-refractivity contribution in [1.29, 1.82) is 0 Å². The molecule has 7 nitrogen and oxygen atoms in total. The summed E-state index contributed by atoms with van der Waals surface area (Å²) in [4.78, 5) is 16.6. The van der Waals surface area contributed by atoms with Crippen molar-refractivity contribution in [3.05, 3.63) is 54.1 Å². The molecule has 0 radical (unpaired) electrons. The Kier molecular flexibility index (Phi) is 5.79. The van der Waals surface area contributed by atoms with E-state index in [-0.39, 0.29) is 10.8 Å². The van der Waals surface area contributed by atoms with Gasteiger partial charge in [0.05, 0.1) is 11.4 Å². The molecule has 0 unspecified atom stereocenters. The summed E-state index contributed by atoms with van der Waals surface area (Å²) >= 11 is 0. The van der Waals surface area contributed by atoms with Crippen LogP contribution in [0.25, 0.3) is 0 Å². The number of rotatable bonds is 5. The molecule has 27 heavy (non-hydrogen) atoms. The summed E-state index contributed by atoms with van der Waals surface area (Å²) in [6.45, 7) is 5.41. The number of nitrogens with one attached hydrogen (secondary N) is 1. The van der Waals surface area contributed by atoms with Gasteiger partial charge in [0.25, 0.3) is 0 Å². The van der Waals surface area contributed by atoms with E-state index in [9.17, 15) is 13.2 Å². The molecule has 2 aromatic rings. The van der Waals surface area contributed by atoms with Gasteiger partial charge in [0.1, 0.15) is 0 Å². The first kappa shape index (κ1) is 19.3. The Labute approximate surface area is 159 Å². The van der Waals surface area contributed by atoms with E-state index >= 15 is 0 Å². The lowest BCUT2D eigenvalue weighted by Gasteiger charge is -2.35. The monoisotopic (exact) mass is 388 g/mol. The zero-order valence-corrected chi connectivity index (χ0v) is 16.1. The van der Waals surface area contributed by atoms with Crippen LogP contribution in [0.15, 0.2) is 53.4 Å². The fourth-order valence-corrected chi connectivity index (χ4v) is 3.65. The number of amides is 1. The van der Waals surface area contributed by atoms with E-state index in [1.54, 1.807) is 12.1 Å².